The van der Waals surface area contributed by atoms with Crippen LogP contribution in [0.25, 0.3) is 0 Å². The molecule has 2 aliphatic rings. The van der Waals surface area contributed by atoms with Gasteiger partial charge in [-0.2, -0.15) is 0 Å². The molecule has 0 radical (unpaired) electrons. The van der Waals surface area contributed by atoms with Gasteiger partial charge in [-0.05, 0) is 46.0 Å². The van der Waals surface area contributed by atoms with Crippen LogP contribution in [0.4, 0.5) is 0 Å². The smallest absolute Gasteiger partial charge is 0.246 e. The number of piperidine rings is 1. The molecular formula is C15H26N2O. The summed E-state index contributed by atoms with van der Waals surface area (Å²) in [5.41, 5.74) is 1.10. The fourth-order valence-electron chi connectivity index (χ4n) is 3.33. The Labute approximate surface area is 111 Å². The summed E-state index contributed by atoms with van der Waals surface area (Å²) in [6, 6.07) is 1.74. The van der Waals surface area contributed by atoms with Crippen LogP contribution in [0.15, 0.2) is 11.6 Å². The highest BCUT2D eigenvalue weighted by molar-refractivity contribution is 5.88. The fourth-order valence-corrected chi connectivity index (χ4v) is 3.33. The minimum absolute atomic E-state index is 0.211. The van der Waals surface area contributed by atoms with Crippen molar-refractivity contribution >= 4 is 5.91 Å². The summed E-state index contributed by atoms with van der Waals surface area (Å²) in [7, 11) is 0. The molecule has 2 aliphatic heterocycles. The first-order valence-corrected chi connectivity index (χ1v) is 7.31. The van der Waals surface area contributed by atoms with Crippen molar-refractivity contribution in [1.82, 2.24) is 10.2 Å². The Morgan fingerprint density at radius 2 is 1.89 bits per heavy atom. The van der Waals surface area contributed by atoms with E-state index in [2.05, 4.69) is 17.1 Å². The molecule has 3 nitrogen and oxygen atoms in total. The molecule has 0 aromatic carbocycles. The third-order valence-corrected chi connectivity index (χ3v) is 4.05. The molecule has 2 saturated heterocycles. The topological polar surface area (TPSA) is 32.3 Å². The molecule has 2 rings (SSSR count). The molecule has 2 bridgehead atoms. The zero-order valence-corrected chi connectivity index (χ0v) is 11.9. The van der Waals surface area contributed by atoms with Crippen LogP contribution in [0.3, 0.4) is 0 Å². The zero-order valence-electron chi connectivity index (χ0n) is 11.9. The largest absolute Gasteiger partial charge is 0.336 e. The van der Waals surface area contributed by atoms with E-state index < -0.39 is 0 Å². The van der Waals surface area contributed by atoms with E-state index in [1.165, 1.54) is 12.8 Å². The monoisotopic (exact) mass is 250 g/mol. The summed E-state index contributed by atoms with van der Waals surface area (Å²) in [6.07, 6.45) is 7.69. The Morgan fingerprint density at radius 1 is 1.28 bits per heavy atom. The molecule has 0 aliphatic carbocycles. The standard InChI is InChI=1S/C15H26N2O/c1-4-7-17(15(18)8-11(2)3)14-9-12-5-6-13(10-14)16-12/h8,12-14,16H,4-7,9-10H2,1-3H3. The predicted octanol–water partition coefficient (Wildman–Crippen LogP) is 2.47. The SMILES string of the molecule is CCCN(C(=O)C=C(C)C)C1CC2CCC(C1)N2. The lowest BCUT2D eigenvalue weighted by atomic mass is 9.97. The van der Waals surface area contributed by atoms with Gasteiger partial charge in [-0.1, -0.05) is 12.5 Å². The summed E-state index contributed by atoms with van der Waals surface area (Å²) in [4.78, 5) is 14.4. The molecule has 2 fully saturated rings. The van der Waals surface area contributed by atoms with E-state index in [1.54, 1.807) is 6.08 Å². The highest BCUT2D eigenvalue weighted by Crippen LogP contribution is 2.30. The van der Waals surface area contributed by atoms with Crippen LogP contribution in [0, 0.1) is 0 Å². The number of fused-ring (bicyclic) bond motifs is 2. The number of nitrogens with zero attached hydrogens (tertiary/aromatic N) is 1. The van der Waals surface area contributed by atoms with Gasteiger partial charge >= 0.3 is 0 Å². The molecule has 0 saturated carbocycles. The van der Waals surface area contributed by atoms with Gasteiger partial charge in [0, 0.05) is 30.7 Å². The fraction of sp³-hybridized carbons (Fsp3) is 0.800. The van der Waals surface area contributed by atoms with Crippen molar-refractivity contribution in [2.75, 3.05) is 6.54 Å². The van der Waals surface area contributed by atoms with Crippen LogP contribution in [-0.2, 0) is 4.79 Å². The van der Waals surface area contributed by atoms with E-state index in [0.29, 0.717) is 18.1 Å². The van der Waals surface area contributed by atoms with Crippen LogP contribution < -0.4 is 5.32 Å². The molecule has 0 aromatic rings. The Morgan fingerprint density at radius 3 is 2.39 bits per heavy atom. The Bertz CT molecular complexity index is 321. The highest BCUT2D eigenvalue weighted by atomic mass is 16.2. The number of amides is 1. The van der Waals surface area contributed by atoms with Crippen molar-refractivity contribution in [2.45, 2.75) is 71.0 Å². The molecule has 1 amide bonds. The second-order valence-corrected chi connectivity index (χ2v) is 6.02. The summed E-state index contributed by atoms with van der Waals surface area (Å²) < 4.78 is 0. The van der Waals surface area contributed by atoms with Crippen LogP contribution >= 0.6 is 0 Å². The van der Waals surface area contributed by atoms with Crippen molar-refractivity contribution in [2.24, 2.45) is 0 Å². The van der Waals surface area contributed by atoms with Gasteiger partial charge in [-0.25, -0.2) is 0 Å². The number of carbonyl (C=O) groups excluding carboxylic acids is 1. The quantitative estimate of drug-likeness (QED) is 0.777. The van der Waals surface area contributed by atoms with Gasteiger partial charge in [-0.15, -0.1) is 0 Å². The first-order valence-electron chi connectivity index (χ1n) is 7.31. The molecule has 2 atom stereocenters. The van der Waals surface area contributed by atoms with Crippen molar-refractivity contribution in [3.8, 4) is 0 Å². The number of allylic oxidation sites excluding steroid dienone is 1. The maximum absolute atomic E-state index is 12.3. The average molecular weight is 250 g/mol. The molecule has 0 spiro atoms. The summed E-state index contributed by atoms with van der Waals surface area (Å²) in [6.45, 7) is 7.04. The molecule has 102 valence electrons. The summed E-state index contributed by atoms with van der Waals surface area (Å²) >= 11 is 0. The van der Waals surface area contributed by atoms with Gasteiger partial charge in [0.25, 0.3) is 0 Å². The van der Waals surface area contributed by atoms with E-state index >= 15 is 0 Å². The lowest BCUT2D eigenvalue weighted by molar-refractivity contribution is -0.129. The molecule has 18 heavy (non-hydrogen) atoms. The van der Waals surface area contributed by atoms with Crippen LogP contribution in [0.5, 0.6) is 0 Å². The van der Waals surface area contributed by atoms with Crippen molar-refractivity contribution in [3.05, 3.63) is 11.6 Å². The molecule has 0 aromatic heterocycles. The van der Waals surface area contributed by atoms with Gasteiger partial charge in [0.2, 0.25) is 5.91 Å². The number of hydrogen-bond donors (Lipinski definition) is 1. The lowest BCUT2D eigenvalue weighted by Crippen LogP contribution is -2.50. The second-order valence-electron chi connectivity index (χ2n) is 6.02. The molecular weight excluding hydrogens is 224 g/mol. The first kappa shape index (κ1) is 13.6. The van der Waals surface area contributed by atoms with E-state index in [4.69, 9.17) is 0 Å². The summed E-state index contributed by atoms with van der Waals surface area (Å²) in [5.74, 6) is 0.211. The van der Waals surface area contributed by atoms with Gasteiger partial charge in [0.15, 0.2) is 0 Å². The number of carbonyl (C=O) groups is 1. The van der Waals surface area contributed by atoms with Gasteiger partial charge in [0.1, 0.15) is 0 Å². The van der Waals surface area contributed by atoms with Gasteiger partial charge < -0.3 is 10.2 Å². The third kappa shape index (κ3) is 3.14. The maximum Gasteiger partial charge on any atom is 0.246 e. The molecule has 3 heteroatoms. The average Bonchev–Trinajstić information content (AvgIpc) is 2.64. The minimum atomic E-state index is 0.211. The zero-order chi connectivity index (χ0) is 13.1. The third-order valence-electron chi connectivity index (χ3n) is 4.05. The van der Waals surface area contributed by atoms with Crippen LogP contribution in [-0.4, -0.2) is 35.5 Å². The van der Waals surface area contributed by atoms with Gasteiger partial charge in [0.05, 0.1) is 0 Å². The van der Waals surface area contributed by atoms with Crippen molar-refractivity contribution in [1.29, 1.82) is 0 Å². The maximum atomic E-state index is 12.3. The van der Waals surface area contributed by atoms with Crippen LogP contribution in [0.1, 0.15) is 52.9 Å². The lowest BCUT2D eigenvalue weighted by Gasteiger charge is -2.37. The highest BCUT2D eigenvalue weighted by Gasteiger charge is 2.36. The predicted molar refractivity (Wildman–Crippen MR) is 74.4 cm³/mol. The number of nitrogens with one attached hydrogen (secondary N) is 1. The van der Waals surface area contributed by atoms with E-state index in [9.17, 15) is 4.79 Å². The molecule has 1 N–H and O–H groups in total. The minimum Gasteiger partial charge on any atom is -0.336 e. The Balaban J connectivity index is 2.05. The van der Waals surface area contributed by atoms with E-state index in [-0.39, 0.29) is 5.91 Å². The normalized spacial score (nSPS) is 30.1. The molecule has 2 unspecified atom stereocenters. The number of rotatable bonds is 4. The van der Waals surface area contributed by atoms with Gasteiger partial charge in [-0.3, -0.25) is 4.79 Å². The first-order chi connectivity index (χ1) is 8.60. The van der Waals surface area contributed by atoms with E-state index in [0.717, 1.165) is 31.4 Å². The van der Waals surface area contributed by atoms with Crippen molar-refractivity contribution < 1.29 is 4.79 Å². The second kappa shape index (κ2) is 5.87. The number of hydrogen-bond acceptors (Lipinski definition) is 2. The molecule has 2 heterocycles. The Kier molecular flexibility index (Phi) is 4.44. The van der Waals surface area contributed by atoms with Crippen molar-refractivity contribution in [3.63, 3.8) is 0 Å². The summed E-state index contributed by atoms with van der Waals surface area (Å²) in [5, 5.41) is 3.64. The van der Waals surface area contributed by atoms with E-state index in [1.807, 2.05) is 13.8 Å². The van der Waals surface area contributed by atoms with Crippen LogP contribution in [0.2, 0.25) is 0 Å². The Hall–Kier alpha value is -0.830.